The van der Waals surface area contributed by atoms with E-state index >= 15 is 0 Å². The van der Waals surface area contributed by atoms with Gasteiger partial charge in [-0.3, -0.25) is 0 Å². The number of rotatable bonds is 7. The first-order chi connectivity index (χ1) is 6.42. The monoisotopic (exact) mass is 232 g/mol. The fourth-order valence-corrected chi connectivity index (χ4v) is 4.01. The van der Waals surface area contributed by atoms with E-state index in [0.29, 0.717) is 5.92 Å². The molecule has 84 valence electrons. The zero-order valence-electron chi connectivity index (χ0n) is 10.2. The first-order valence-electron chi connectivity index (χ1n) is 5.28. The Morgan fingerprint density at radius 1 is 1.29 bits per heavy atom. The predicted molar refractivity (Wildman–Crippen MR) is 70.6 cm³/mol. The van der Waals surface area contributed by atoms with E-state index < -0.39 is 8.07 Å². The number of hydrogen-bond acceptors (Lipinski definition) is 2. The zero-order chi connectivity index (χ0) is 11.0. The Morgan fingerprint density at radius 3 is 2.43 bits per heavy atom. The lowest BCUT2D eigenvalue weighted by Crippen LogP contribution is -2.24. The molecule has 0 N–H and O–H groups in total. The van der Waals surface area contributed by atoms with Crippen LogP contribution in [-0.2, 0) is 4.74 Å². The molecule has 0 atom stereocenters. The van der Waals surface area contributed by atoms with E-state index in [1.807, 2.05) is 18.0 Å². The third kappa shape index (κ3) is 12.1. The maximum absolute atomic E-state index is 5.37. The van der Waals surface area contributed by atoms with E-state index in [-0.39, 0.29) is 0 Å². The minimum atomic E-state index is -0.854. The SMILES string of the molecule is CC(C)/C=C/OCCSC[Si](C)(C)C. The largest absolute Gasteiger partial charge is 0.501 e. The fraction of sp³-hybridized carbons (Fsp3) is 0.818. The molecule has 0 aromatic heterocycles. The molecule has 0 aliphatic heterocycles. The molecule has 0 aromatic rings. The van der Waals surface area contributed by atoms with Crippen LogP contribution in [0.2, 0.25) is 19.6 Å². The minimum absolute atomic E-state index is 0.588. The molecule has 3 heteroatoms. The van der Waals surface area contributed by atoms with Gasteiger partial charge in [0.05, 0.1) is 20.9 Å². The van der Waals surface area contributed by atoms with Gasteiger partial charge in [0, 0.05) is 5.75 Å². The molecule has 0 heterocycles. The molecule has 1 nitrogen and oxygen atoms in total. The van der Waals surface area contributed by atoms with Gasteiger partial charge in [0.1, 0.15) is 0 Å². The third-order valence-corrected chi connectivity index (χ3v) is 6.18. The highest BCUT2D eigenvalue weighted by molar-refractivity contribution is 8.00. The van der Waals surface area contributed by atoms with Crippen molar-refractivity contribution >= 4 is 19.8 Å². The molecule has 0 amide bonds. The third-order valence-electron chi connectivity index (χ3n) is 1.44. The zero-order valence-corrected chi connectivity index (χ0v) is 12.0. The normalized spacial score (nSPS) is 12.7. The average molecular weight is 232 g/mol. The highest BCUT2D eigenvalue weighted by Crippen LogP contribution is 2.10. The quantitative estimate of drug-likeness (QED) is 0.375. The summed E-state index contributed by atoms with van der Waals surface area (Å²) < 4.78 is 5.37. The molecule has 14 heavy (non-hydrogen) atoms. The second-order valence-corrected chi connectivity index (χ2v) is 12.1. The summed E-state index contributed by atoms with van der Waals surface area (Å²) in [6, 6.07) is 0. The van der Waals surface area contributed by atoms with Gasteiger partial charge in [0.25, 0.3) is 0 Å². The maximum atomic E-state index is 5.37. The number of ether oxygens (including phenoxy) is 1. The van der Waals surface area contributed by atoms with Crippen LogP contribution < -0.4 is 0 Å². The van der Waals surface area contributed by atoms with Crippen molar-refractivity contribution in [3.05, 3.63) is 12.3 Å². The number of hydrogen-bond donors (Lipinski definition) is 0. The van der Waals surface area contributed by atoms with Gasteiger partial charge in [-0.05, 0) is 17.4 Å². The molecule has 0 aliphatic carbocycles. The van der Waals surface area contributed by atoms with Crippen LogP contribution in [0.3, 0.4) is 0 Å². The first-order valence-corrected chi connectivity index (χ1v) is 10.1. The van der Waals surface area contributed by atoms with E-state index in [9.17, 15) is 0 Å². The van der Waals surface area contributed by atoms with Crippen LogP contribution in [0.4, 0.5) is 0 Å². The highest BCUT2D eigenvalue weighted by Gasteiger charge is 2.11. The van der Waals surface area contributed by atoms with Crippen molar-refractivity contribution < 1.29 is 4.74 Å². The molecule has 0 aromatic carbocycles. The first kappa shape index (κ1) is 14.1. The Labute approximate surface area is 94.3 Å². The second-order valence-electron chi connectivity index (χ2n) is 5.06. The number of allylic oxidation sites excluding steroid dienone is 1. The Morgan fingerprint density at radius 2 is 1.93 bits per heavy atom. The van der Waals surface area contributed by atoms with Crippen molar-refractivity contribution in [3.63, 3.8) is 0 Å². The molecule has 0 spiro atoms. The summed E-state index contributed by atoms with van der Waals surface area (Å²) in [6.07, 6.45) is 3.92. The topological polar surface area (TPSA) is 9.23 Å². The van der Waals surface area contributed by atoms with Crippen LogP contribution in [-0.4, -0.2) is 25.8 Å². The maximum Gasteiger partial charge on any atom is 0.0963 e. The molecule has 0 saturated heterocycles. The Balaban J connectivity index is 3.23. The molecular formula is C11H24OSSi. The Bertz CT molecular complexity index is 161. The molecule has 0 fully saturated rings. The van der Waals surface area contributed by atoms with Crippen molar-refractivity contribution in [1.82, 2.24) is 0 Å². The molecule has 0 unspecified atom stereocenters. The van der Waals surface area contributed by atoms with Gasteiger partial charge in [0.15, 0.2) is 0 Å². The predicted octanol–water partition coefficient (Wildman–Crippen LogP) is 3.78. The van der Waals surface area contributed by atoms with Gasteiger partial charge in [-0.15, -0.1) is 0 Å². The van der Waals surface area contributed by atoms with Crippen molar-refractivity contribution in [3.8, 4) is 0 Å². The molecular weight excluding hydrogens is 208 g/mol. The Hall–Kier alpha value is 0.107. The van der Waals surface area contributed by atoms with Crippen LogP contribution in [0.25, 0.3) is 0 Å². The summed E-state index contributed by atoms with van der Waals surface area (Å²) in [4.78, 5) is 0. The summed E-state index contributed by atoms with van der Waals surface area (Å²) in [7, 11) is -0.854. The highest BCUT2D eigenvalue weighted by atomic mass is 32.2. The average Bonchev–Trinajstić information content (AvgIpc) is 2.00. The standard InChI is InChI=1S/C11H24OSSi/c1-11(2)6-7-12-8-9-13-10-14(3,4)5/h6-7,11H,8-10H2,1-5H3/b7-6+. The molecule has 0 saturated carbocycles. The van der Waals surface area contributed by atoms with Gasteiger partial charge >= 0.3 is 0 Å². The minimum Gasteiger partial charge on any atom is -0.501 e. The van der Waals surface area contributed by atoms with Gasteiger partial charge < -0.3 is 4.74 Å². The molecule has 0 rings (SSSR count). The fourth-order valence-electron chi connectivity index (χ4n) is 0.766. The van der Waals surface area contributed by atoms with Crippen LogP contribution in [0.5, 0.6) is 0 Å². The lowest BCUT2D eigenvalue weighted by Gasteiger charge is -2.14. The molecule has 0 radical (unpaired) electrons. The van der Waals surface area contributed by atoms with E-state index in [1.165, 1.54) is 5.38 Å². The lowest BCUT2D eigenvalue weighted by atomic mass is 10.2. The smallest absolute Gasteiger partial charge is 0.0963 e. The van der Waals surface area contributed by atoms with Gasteiger partial charge in [-0.1, -0.05) is 33.5 Å². The van der Waals surface area contributed by atoms with Gasteiger partial charge in [-0.25, -0.2) is 0 Å². The summed E-state index contributed by atoms with van der Waals surface area (Å²) in [5.41, 5.74) is 0. The van der Waals surface area contributed by atoms with Crippen molar-refractivity contribution in [2.45, 2.75) is 33.5 Å². The Kier molecular flexibility index (Phi) is 7.46. The van der Waals surface area contributed by atoms with Gasteiger partial charge in [-0.2, -0.15) is 11.8 Å². The van der Waals surface area contributed by atoms with E-state index in [4.69, 9.17) is 4.74 Å². The molecule has 0 bridgehead atoms. The van der Waals surface area contributed by atoms with Crippen LogP contribution in [0.15, 0.2) is 12.3 Å². The summed E-state index contributed by atoms with van der Waals surface area (Å²) >= 11 is 2.02. The number of thioether (sulfide) groups is 1. The van der Waals surface area contributed by atoms with Crippen LogP contribution in [0, 0.1) is 5.92 Å². The second kappa shape index (κ2) is 7.41. The van der Waals surface area contributed by atoms with E-state index in [1.54, 1.807) is 0 Å². The van der Waals surface area contributed by atoms with Crippen molar-refractivity contribution in [2.75, 3.05) is 17.7 Å². The van der Waals surface area contributed by atoms with Crippen molar-refractivity contribution in [1.29, 1.82) is 0 Å². The lowest BCUT2D eigenvalue weighted by molar-refractivity contribution is 0.270. The van der Waals surface area contributed by atoms with Crippen LogP contribution in [0.1, 0.15) is 13.8 Å². The van der Waals surface area contributed by atoms with E-state index in [2.05, 4.69) is 39.6 Å². The van der Waals surface area contributed by atoms with E-state index in [0.717, 1.165) is 12.4 Å². The summed E-state index contributed by atoms with van der Waals surface area (Å²) in [5.74, 6) is 1.71. The van der Waals surface area contributed by atoms with Gasteiger partial charge in [0.2, 0.25) is 0 Å². The van der Waals surface area contributed by atoms with Crippen molar-refractivity contribution in [2.24, 2.45) is 5.92 Å². The summed E-state index contributed by atoms with van der Waals surface area (Å²) in [6.45, 7) is 12.4. The molecule has 0 aliphatic rings. The summed E-state index contributed by atoms with van der Waals surface area (Å²) in [5, 5.41) is 1.34. The van der Waals surface area contributed by atoms with Crippen LogP contribution >= 0.6 is 11.8 Å².